The largest absolute Gasteiger partial charge is 0.466 e. The average molecular weight is 762 g/mol. The molecule has 2 aliphatic heterocycles. The third kappa shape index (κ3) is 13.2. The number of hydrogen-bond donors (Lipinski definition) is 9. The Hall–Kier alpha value is -2.81. The lowest BCUT2D eigenvalue weighted by Gasteiger charge is -2.49. The summed E-state index contributed by atoms with van der Waals surface area (Å²) in [5.41, 5.74) is -2.93. The molecule has 1 aliphatic carbocycles. The van der Waals surface area contributed by atoms with Crippen molar-refractivity contribution in [3.63, 3.8) is 0 Å². The molecule has 2 fully saturated rings. The van der Waals surface area contributed by atoms with Crippen molar-refractivity contribution in [3.05, 3.63) is 11.8 Å². The maximum Gasteiger partial charge on any atom is 0.408 e. The lowest BCUT2D eigenvalue weighted by atomic mass is 9.79. The van der Waals surface area contributed by atoms with E-state index in [0.29, 0.717) is 18.7 Å². The monoisotopic (exact) mass is 761 g/mol. The number of alkyl carbamates (subject to hydrolysis) is 2. The standard InChI is InChI=1S/C35H63N5O13/c1-18-15-21(39-28(44)22(41)13-14-38-31(45)52-33(2,3)4)26(51-30-24(43)27(37-10)35(8,47)17-48-30)23(42)25(18)50-29-20(12-11-19(49-29)16-36-9)40-32(46)53-34(5,6)7/h11,18,20-27,29-30,36-37,41-43,47H,12-17H2,1-10H3,(H,38,45)(H,39,44)(H,40,46)/t18-,20?,21+,22-,23-,24+,25+,26-,27+,29+,30+,35-/m0/s1. The van der Waals surface area contributed by atoms with Gasteiger partial charge in [0.1, 0.15) is 47.0 Å². The summed E-state index contributed by atoms with van der Waals surface area (Å²) in [5.74, 6) is -0.670. The van der Waals surface area contributed by atoms with Crippen LogP contribution < -0.4 is 26.6 Å². The van der Waals surface area contributed by atoms with Crippen LogP contribution in [0.15, 0.2) is 11.8 Å². The average Bonchev–Trinajstić information content (AvgIpc) is 3.01. The van der Waals surface area contributed by atoms with Crippen molar-refractivity contribution >= 4 is 18.1 Å². The van der Waals surface area contributed by atoms with Crippen LogP contribution in [0, 0.1) is 5.92 Å². The van der Waals surface area contributed by atoms with Crippen LogP contribution >= 0.6 is 0 Å². The lowest BCUT2D eigenvalue weighted by molar-refractivity contribution is -0.306. The topological polar surface area (TPSA) is 248 Å². The Bertz CT molecular complexity index is 1260. The van der Waals surface area contributed by atoms with Gasteiger partial charge in [0.2, 0.25) is 12.2 Å². The lowest BCUT2D eigenvalue weighted by Crippen LogP contribution is -2.68. The molecule has 9 N–H and O–H groups in total. The van der Waals surface area contributed by atoms with Crippen molar-refractivity contribution in [2.24, 2.45) is 5.92 Å². The molecule has 1 unspecified atom stereocenters. The van der Waals surface area contributed by atoms with Crippen LogP contribution in [-0.2, 0) is 33.2 Å². The highest BCUT2D eigenvalue weighted by molar-refractivity contribution is 5.81. The normalized spacial score (nSPS) is 34.2. The summed E-state index contributed by atoms with van der Waals surface area (Å²) >= 11 is 0. The highest BCUT2D eigenvalue weighted by Gasteiger charge is 2.52. The van der Waals surface area contributed by atoms with Gasteiger partial charge in [-0.2, -0.15) is 0 Å². The summed E-state index contributed by atoms with van der Waals surface area (Å²) in [6, 6.07) is -2.49. The number of rotatable bonds is 13. The van der Waals surface area contributed by atoms with Crippen LogP contribution in [0.2, 0.25) is 0 Å². The number of amides is 3. The smallest absolute Gasteiger partial charge is 0.408 e. The van der Waals surface area contributed by atoms with Crippen molar-refractivity contribution < 1.29 is 63.2 Å². The first kappa shape index (κ1) is 44.6. The quantitative estimate of drug-likeness (QED) is 0.117. The van der Waals surface area contributed by atoms with Crippen LogP contribution in [0.5, 0.6) is 0 Å². The molecule has 3 amide bonds. The second-order valence-electron chi connectivity index (χ2n) is 16.2. The SMILES string of the molecule is CNCC1=CCC(NC(=O)OC(C)(C)C)[C@@H](O[C@H]2[C@H](O)[C@@H](O[C@H]3OC[C@](C)(O)[C@H](NC)[C@H]3O)[C@H](NC(=O)[C@@H](O)CCNC(=O)OC(C)(C)C)C[C@@H]2C)O1. The maximum atomic E-state index is 13.3. The van der Waals surface area contributed by atoms with Gasteiger partial charge in [-0.3, -0.25) is 4.79 Å². The van der Waals surface area contributed by atoms with Crippen LogP contribution in [0.25, 0.3) is 0 Å². The highest BCUT2D eigenvalue weighted by Crippen LogP contribution is 2.35. The summed E-state index contributed by atoms with van der Waals surface area (Å²) in [6.07, 6.45) is -8.24. The molecular formula is C35H63N5O13. The number of likely N-dealkylation sites (N-methyl/N-ethyl adjacent to an activating group) is 2. The molecule has 1 saturated heterocycles. The van der Waals surface area contributed by atoms with Gasteiger partial charge in [-0.05, 0) is 93.8 Å². The van der Waals surface area contributed by atoms with Crippen molar-refractivity contribution in [2.45, 2.75) is 153 Å². The second-order valence-corrected chi connectivity index (χ2v) is 16.2. The zero-order valence-corrected chi connectivity index (χ0v) is 32.6. The van der Waals surface area contributed by atoms with Crippen LogP contribution in [0.1, 0.15) is 74.7 Å². The molecule has 3 rings (SSSR count). The molecule has 2 heterocycles. The van der Waals surface area contributed by atoms with Crippen molar-refractivity contribution in [1.29, 1.82) is 0 Å². The molecule has 0 aromatic heterocycles. The van der Waals surface area contributed by atoms with Gasteiger partial charge in [0.05, 0.1) is 37.4 Å². The van der Waals surface area contributed by atoms with Gasteiger partial charge in [-0.25, -0.2) is 9.59 Å². The molecule has 0 aromatic rings. The molecular weight excluding hydrogens is 698 g/mol. The first-order chi connectivity index (χ1) is 24.5. The number of hydrogen-bond acceptors (Lipinski definition) is 15. The molecule has 12 atom stereocenters. The first-order valence-corrected chi connectivity index (χ1v) is 18.2. The molecule has 0 radical (unpaired) electrons. The summed E-state index contributed by atoms with van der Waals surface area (Å²) in [6.45, 7) is 13.8. The molecule has 3 aliphatic rings. The number of nitrogens with one attached hydrogen (secondary N) is 5. The van der Waals surface area contributed by atoms with E-state index >= 15 is 0 Å². The molecule has 53 heavy (non-hydrogen) atoms. The molecule has 18 heteroatoms. The minimum absolute atomic E-state index is 0.0552. The van der Waals surface area contributed by atoms with Crippen molar-refractivity contribution in [3.8, 4) is 0 Å². The Morgan fingerprint density at radius 2 is 1.57 bits per heavy atom. The minimum atomic E-state index is -1.54. The fourth-order valence-electron chi connectivity index (χ4n) is 6.52. The predicted octanol–water partition coefficient (Wildman–Crippen LogP) is -0.283. The van der Waals surface area contributed by atoms with E-state index in [-0.39, 0.29) is 26.0 Å². The summed E-state index contributed by atoms with van der Waals surface area (Å²) in [4.78, 5) is 38.1. The van der Waals surface area contributed by atoms with E-state index in [1.165, 1.54) is 6.92 Å². The van der Waals surface area contributed by atoms with Crippen molar-refractivity contribution in [1.82, 2.24) is 26.6 Å². The van der Waals surface area contributed by atoms with E-state index in [4.69, 9.17) is 28.4 Å². The Morgan fingerprint density at radius 3 is 2.17 bits per heavy atom. The minimum Gasteiger partial charge on any atom is -0.466 e. The van der Waals surface area contributed by atoms with Gasteiger partial charge < -0.3 is 75.4 Å². The number of carbonyl (C=O) groups is 3. The highest BCUT2D eigenvalue weighted by atomic mass is 16.7. The summed E-state index contributed by atoms with van der Waals surface area (Å²) in [5, 5.41) is 58.6. The maximum absolute atomic E-state index is 13.3. The van der Waals surface area contributed by atoms with E-state index in [1.807, 2.05) is 6.08 Å². The fraction of sp³-hybridized carbons (Fsp3) is 0.857. The zero-order chi connectivity index (χ0) is 39.9. The first-order valence-electron chi connectivity index (χ1n) is 18.2. The number of aliphatic hydroxyl groups is 4. The molecule has 0 spiro atoms. The Morgan fingerprint density at radius 1 is 0.943 bits per heavy atom. The van der Waals surface area contributed by atoms with Crippen LogP contribution in [-0.4, -0.2) is 150 Å². The molecule has 1 saturated carbocycles. The van der Waals surface area contributed by atoms with Gasteiger partial charge in [0.15, 0.2) is 6.29 Å². The molecule has 0 aromatic carbocycles. The Kier molecular flexibility index (Phi) is 15.7. The third-order valence-corrected chi connectivity index (χ3v) is 8.95. The molecule has 0 bridgehead atoms. The van der Waals surface area contributed by atoms with Gasteiger partial charge in [0.25, 0.3) is 0 Å². The van der Waals surface area contributed by atoms with Gasteiger partial charge in [0, 0.05) is 6.54 Å². The second kappa shape index (κ2) is 18.7. The van der Waals surface area contributed by atoms with Crippen LogP contribution in [0.3, 0.4) is 0 Å². The van der Waals surface area contributed by atoms with E-state index in [9.17, 15) is 34.8 Å². The third-order valence-electron chi connectivity index (χ3n) is 8.95. The van der Waals surface area contributed by atoms with Gasteiger partial charge in [-0.1, -0.05) is 6.92 Å². The van der Waals surface area contributed by atoms with E-state index in [0.717, 1.165) is 0 Å². The number of carbonyl (C=O) groups excluding carboxylic acids is 3. The molecule has 306 valence electrons. The van der Waals surface area contributed by atoms with Crippen molar-refractivity contribution in [2.75, 3.05) is 33.8 Å². The predicted molar refractivity (Wildman–Crippen MR) is 190 cm³/mol. The number of ether oxygens (including phenoxy) is 6. The number of aliphatic hydroxyl groups excluding tert-OH is 3. The fourth-order valence-corrected chi connectivity index (χ4v) is 6.52. The Balaban J connectivity index is 1.83. The van der Waals surface area contributed by atoms with E-state index < -0.39 is 102 Å². The van der Waals surface area contributed by atoms with Gasteiger partial charge >= 0.3 is 12.2 Å². The van der Waals surface area contributed by atoms with E-state index in [2.05, 4.69) is 26.6 Å². The molecule has 18 nitrogen and oxygen atoms in total. The summed E-state index contributed by atoms with van der Waals surface area (Å²) in [7, 11) is 3.32. The summed E-state index contributed by atoms with van der Waals surface area (Å²) < 4.78 is 35.2. The van der Waals surface area contributed by atoms with E-state index in [1.54, 1.807) is 62.6 Å². The van der Waals surface area contributed by atoms with Gasteiger partial charge in [-0.15, -0.1) is 0 Å². The van der Waals surface area contributed by atoms with Crippen LogP contribution in [0.4, 0.5) is 9.59 Å². The Labute approximate surface area is 312 Å². The zero-order valence-electron chi connectivity index (χ0n) is 32.6.